The van der Waals surface area contributed by atoms with Crippen LogP contribution in [0, 0.1) is 6.92 Å². The summed E-state index contributed by atoms with van der Waals surface area (Å²) in [7, 11) is -3.92. The van der Waals surface area contributed by atoms with E-state index in [0.717, 1.165) is 21.8 Å². The van der Waals surface area contributed by atoms with Crippen molar-refractivity contribution < 1.29 is 13.0 Å². The van der Waals surface area contributed by atoms with E-state index in [-0.39, 0.29) is 5.75 Å². The summed E-state index contributed by atoms with van der Waals surface area (Å²) in [4.78, 5) is 4.49. The molecule has 2 aromatic carbocycles. The first-order chi connectivity index (χ1) is 10.5. The van der Waals surface area contributed by atoms with E-state index in [4.69, 9.17) is 4.55 Å². The Hall–Kier alpha value is -1.50. The first-order valence-corrected chi connectivity index (χ1v) is 9.47. The molecule has 0 saturated carbocycles. The lowest BCUT2D eigenvalue weighted by Crippen LogP contribution is -2.24. The average molecular weight is 335 g/mol. The van der Waals surface area contributed by atoms with Crippen molar-refractivity contribution in [1.82, 2.24) is 0 Å². The smallest absolute Gasteiger partial charge is 0.264 e. The van der Waals surface area contributed by atoms with Crippen LogP contribution in [0.3, 0.4) is 0 Å². The number of fused-ring (bicyclic) bond motifs is 2. The summed E-state index contributed by atoms with van der Waals surface area (Å²) in [6.07, 6.45) is 0.381. The third-order valence-electron chi connectivity index (χ3n) is 3.63. The van der Waals surface area contributed by atoms with Gasteiger partial charge in [0.15, 0.2) is 0 Å². The van der Waals surface area contributed by atoms with E-state index in [1.165, 1.54) is 4.90 Å². The van der Waals surface area contributed by atoms with E-state index in [1.54, 1.807) is 11.8 Å². The number of para-hydroxylation sites is 2. The number of anilines is 2. The molecule has 0 unspecified atom stereocenters. The van der Waals surface area contributed by atoms with E-state index >= 15 is 0 Å². The zero-order valence-electron chi connectivity index (χ0n) is 12.2. The van der Waals surface area contributed by atoms with Crippen molar-refractivity contribution in [2.45, 2.75) is 23.1 Å². The van der Waals surface area contributed by atoms with Crippen molar-refractivity contribution in [2.75, 3.05) is 17.2 Å². The summed E-state index contributed by atoms with van der Waals surface area (Å²) in [6.45, 7) is 2.61. The average Bonchev–Trinajstić information content (AvgIpc) is 2.45. The Morgan fingerprint density at radius 2 is 1.82 bits per heavy atom. The van der Waals surface area contributed by atoms with Gasteiger partial charge in [0.05, 0.1) is 17.1 Å². The Bertz CT molecular complexity index is 803. The fourth-order valence-electron chi connectivity index (χ4n) is 2.70. The number of benzene rings is 2. The predicted molar refractivity (Wildman–Crippen MR) is 89.8 cm³/mol. The van der Waals surface area contributed by atoms with Gasteiger partial charge in [0.2, 0.25) is 0 Å². The minimum Gasteiger partial charge on any atom is -0.339 e. The summed E-state index contributed by atoms with van der Waals surface area (Å²) >= 11 is 1.73. The Labute approximate surface area is 134 Å². The second kappa shape index (κ2) is 5.95. The van der Waals surface area contributed by atoms with E-state index in [0.29, 0.717) is 13.0 Å². The molecule has 4 nitrogen and oxygen atoms in total. The molecule has 0 atom stereocenters. The van der Waals surface area contributed by atoms with Crippen molar-refractivity contribution in [3.05, 3.63) is 48.0 Å². The van der Waals surface area contributed by atoms with Gasteiger partial charge in [-0.05, 0) is 37.1 Å². The molecule has 1 N–H and O–H groups in total. The SMILES string of the molecule is Cc1cccc2c1N(CCCS(=O)(=O)O)c1ccccc1S2. The van der Waals surface area contributed by atoms with Crippen LogP contribution in [-0.2, 0) is 10.1 Å². The standard InChI is InChI=1S/C16H17NO3S2/c1-12-6-4-9-15-16(12)17(10-5-11-22(18,19)20)13-7-2-3-8-14(13)21-15/h2-4,6-9H,5,10-11H2,1H3,(H,18,19,20). The Morgan fingerprint density at radius 1 is 1.09 bits per heavy atom. The van der Waals surface area contributed by atoms with E-state index < -0.39 is 10.1 Å². The third-order valence-corrected chi connectivity index (χ3v) is 5.55. The molecule has 0 amide bonds. The maximum atomic E-state index is 11.0. The molecule has 3 rings (SSSR count). The van der Waals surface area contributed by atoms with Gasteiger partial charge in [-0.15, -0.1) is 0 Å². The maximum Gasteiger partial charge on any atom is 0.264 e. The first-order valence-electron chi connectivity index (χ1n) is 7.05. The Balaban J connectivity index is 1.97. The van der Waals surface area contributed by atoms with Crippen LogP contribution in [0.1, 0.15) is 12.0 Å². The molecule has 0 bridgehead atoms. The van der Waals surface area contributed by atoms with Crippen molar-refractivity contribution >= 4 is 33.3 Å². The quantitative estimate of drug-likeness (QED) is 0.860. The molecule has 2 aromatic rings. The van der Waals surface area contributed by atoms with Crippen molar-refractivity contribution in [3.63, 3.8) is 0 Å². The Morgan fingerprint density at radius 3 is 2.59 bits per heavy atom. The van der Waals surface area contributed by atoms with Gasteiger partial charge in [-0.1, -0.05) is 36.0 Å². The van der Waals surface area contributed by atoms with Crippen LogP contribution in [0.5, 0.6) is 0 Å². The van der Waals surface area contributed by atoms with Crippen LogP contribution in [0.4, 0.5) is 11.4 Å². The molecule has 1 aliphatic rings. The normalized spacial score (nSPS) is 13.6. The lowest BCUT2D eigenvalue weighted by Gasteiger charge is -2.34. The van der Waals surface area contributed by atoms with Crippen molar-refractivity contribution in [1.29, 1.82) is 0 Å². The molecule has 0 spiro atoms. The molecule has 1 aliphatic heterocycles. The predicted octanol–water partition coefficient (Wildman–Crippen LogP) is 3.88. The molecule has 0 radical (unpaired) electrons. The summed E-state index contributed by atoms with van der Waals surface area (Å²) in [5, 5.41) is 0. The number of nitrogens with zero attached hydrogens (tertiary/aromatic N) is 1. The topological polar surface area (TPSA) is 57.6 Å². The number of hydrogen-bond donors (Lipinski definition) is 1. The molecule has 6 heteroatoms. The van der Waals surface area contributed by atoms with Crippen LogP contribution in [0.25, 0.3) is 0 Å². The molecule has 116 valence electrons. The van der Waals surface area contributed by atoms with Gasteiger partial charge in [0.1, 0.15) is 0 Å². The maximum absolute atomic E-state index is 11.0. The van der Waals surface area contributed by atoms with Crippen LogP contribution in [-0.4, -0.2) is 25.3 Å². The number of aryl methyl sites for hydroxylation is 1. The molecular formula is C16H17NO3S2. The zero-order valence-corrected chi connectivity index (χ0v) is 13.8. The fourth-order valence-corrected chi connectivity index (χ4v) is 4.38. The minimum absolute atomic E-state index is 0.222. The van der Waals surface area contributed by atoms with Gasteiger partial charge in [-0.2, -0.15) is 8.42 Å². The highest BCUT2D eigenvalue weighted by Gasteiger charge is 2.24. The Kier molecular flexibility index (Phi) is 4.16. The van der Waals surface area contributed by atoms with Crippen LogP contribution in [0.2, 0.25) is 0 Å². The third kappa shape index (κ3) is 3.14. The minimum atomic E-state index is -3.92. The molecule has 0 aliphatic carbocycles. The number of rotatable bonds is 4. The second-order valence-electron chi connectivity index (χ2n) is 5.28. The van der Waals surface area contributed by atoms with Crippen molar-refractivity contribution in [2.24, 2.45) is 0 Å². The van der Waals surface area contributed by atoms with Gasteiger partial charge in [-0.3, -0.25) is 4.55 Å². The molecule has 22 heavy (non-hydrogen) atoms. The van der Waals surface area contributed by atoms with Crippen LogP contribution < -0.4 is 4.90 Å². The van der Waals surface area contributed by atoms with Crippen LogP contribution in [0.15, 0.2) is 52.3 Å². The molecule has 0 fully saturated rings. The monoisotopic (exact) mass is 335 g/mol. The summed E-state index contributed by atoms with van der Waals surface area (Å²) in [6, 6.07) is 14.3. The summed E-state index contributed by atoms with van der Waals surface area (Å²) < 4.78 is 30.9. The van der Waals surface area contributed by atoms with E-state index in [9.17, 15) is 8.42 Å². The highest BCUT2D eigenvalue weighted by atomic mass is 32.2. The van der Waals surface area contributed by atoms with Gasteiger partial charge in [0, 0.05) is 16.3 Å². The van der Waals surface area contributed by atoms with Crippen molar-refractivity contribution in [3.8, 4) is 0 Å². The van der Waals surface area contributed by atoms with Gasteiger partial charge < -0.3 is 4.90 Å². The first kappa shape index (κ1) is 15.4. The molecule has 1 heterocycles. The highest BCUT2D eigenvalue weighted by Crippen LogP contribution is 2.49. The van der Waals surface area contributed by atoms with Crippen LogP contribution >= 0.6 is 11.8 Å². The molecule has 0 saturated heterocycles. The van der Waals surface area contributed by atoms with Gasteiger partial charge in [-0.25, -0.2) is 0 Å². The second-order valence-corrected chi connectivity index (χ2v) is 7.94. The molecule has 0 aromatic heterocycles. The van der Waals surface area contributed by atoms with E-state index in [1.807, 2.05) is 24.3 Å². The summed E-state index contributed by atoms with van der Waals surface area (Å²) in [5.41, 5.74) is 3.37. The fraction of sp³-hybridized carbons (Fsp3) is 0.250. The lowest BCUT2D eigenvalue weighted by molar-refractivity contribution is 0.481. The van der Waals surface area contributed by atoms with Gasteiger partial charge >= 0.3 is 0 Å². The summed E-state index contributed by atoms with van der Waals surface area (Å²) in [5.74, 6) is -0.222. The number of hydrogen-bond acceptors (Lipinski definition) is 4. The lowest BCUT2D eigenvalue weighted by atomic mass is 10.1. The van der Waals surface area contributed by atoms with Gasteiger partial charge in [0.25, 0.3) is 10.1 Å². The zero-order chi connectivity index (χ0) is 15.7. The highest BCUT2D eigenvalue weighted by molar-refractivity contribution is 7.99. The van der Waals surface area contributed by atoms with E-state index in [2.05, 4.69) is 30.0 Å². The largest absolute Gasteiger partial charge is 0.339 e. The molecular weight excluding hydrogens is 318 g/mol.